The molecule has 0 radical (unpaired) electrons. The zero-order valence-electron chi connectivity index (χ0n) is 8.23. The first-order chi connectivity index (χ1) is 6.65. The number of nitrogens with zero attached hydrogens (tertiary/aromatic N) is 4. The van der Waals surface area contributed by atoms with E-state index in [4.69, 9.17) is 4.84 Å². The van der Waals surface area contributed by atoms with Crippen LogP contribution in [0.1, 0.15) is 6.92 Å². The number of oxime groups is 1. The fourth-order valence-corrected chi connectivity index (χ4v) is 0.800. The largest absolute Gasteiger partial charge is 0.360 e. The predicted molar refractivity (Wildman–Crippen MR) is 51.1 cm³/mol. The molecule has 0 saturated heterocycles. The molecule has 0 aliphatic heterocycles. The molecule has 1 rings (SSSR count). The van der Waals surface area contributed by atoms with Crippen molar-refractivity contribution in [2.75, 3.05) is 19.0 Å². The molecule has 5 nitrogen and oxygen atoms in total. The van der Waals surface area contributed by atoms with E-state index in [1.165, 1.54) is 11.1 Å². The van der Waals surface area contributed by atoms with Gasteiger partial charge < -0.3 is 9.74 Å². The number of hydrogen-bond acceptors (Lipinski definition) is 5. The van der Waals surface area contributed by atoms with Crippen LogP contribution in [0.15, 0.2) is 11.4 Å². The fraction of sp³-hybridized carbons (Fsp3) is 0.375. The summed E-state index contributed by atoms with van der Waals surface area (Å²) in [7, 11) is 3.36. The summed E-state index contributed by atoms with van der Waals surface area (Å²) in [4.78, 5) is 13.7. The lowest BCUT2D eigenvalue weighted by Gasteiger charge is -2.11. The van der Waals surface area contributed by atoms with Gasteiger partial charge in [0.05, 0.1) is 6.20 Å². The third kappa shape index (κ3) is 2.38. The van der Waals surface area contributed by atoms with Crippen LogP contribution >= 0.6 is 0 Å². The van der Waals surface area contributed by atoms with Crippen LogP contribution in [0.4, 0.5) is 10.2 Å². The molecule has 0 saturated carbocycles. The summed E-state index contributed by atoms with van der Waals surface area (Å²) >= 11 is 0. The molecule has 0 spiro atoms. The van der Waals surface area contributed by atoms with Crippen molar-refractivity contribution in [1.82, 2.24) is 9.97 Å². The minimum absolute atomic E-state index is 0.0215. The van der Waals surface area contributed by atoms with Crippen LogP contribution in [0, 0.1) is 5.82 Å². The van der Waals surface area contributed by atoms with Gasteiger partial charge in [-0.1, -0.05) is 5.16 Å². The highest BCUT2D eigenvalue weighted by Gasteiger charge is 2.09. The first-order valence-corrected chi connectivity index (χ1v) is 4.00. The van der Waals surface area contributed by atoms with Crippen molar-refractivity contribution in [1.29, 1.82) is 0 Å². The molecule has 0 N–H and O–H groups in total. The van der Waals surface area contributed by atoms with Crippen molar-refractivity contribution in [2.45, 2.75) is 6.92 Å². The molecule has 0 aromatic carbocycles. The first-order valence-electron chi connectivity index (χ1n) is 4.00. The summed E-state index contributed by atoms with van der Waals surface area (Å²) in [5.41, 5.74) is 0. The van der Waals surface area contributed by atoms with Crippen molar-refractivity contribution in [3.8, 4) is 6.01 Å². The lowest BCUT2D eigenvalue weighted by Crippen LogP contribution is -2.13. The molecule has 6 heteroatoms. The maximum Gasteiger partial charge on any atom is 0.347 e. The molecule has 1 aromatic rings. The highest BCUT2D eigenvalue weighted by molar-refractivity contribution is 5.52. The Morgan fingerprint density at radius 2 is 2.29 bits per heavy atom. The monoisotopic (exact) mass is 198 g/mol. The molecule has 0 atom stereocenters. The summed E-state index contributed by atoms with van der Waals surface area (Å²) in [5, 5.41) is 3.48. The van der Waals surface area contributed by atoms with E-state index in [1.807, 2.05) is 0 Å². The van der Waals surface area contributed by atoms with Gasteiger partial charge >= 0.3 is 6.01 Å². The Hall–Kier alpha value is -1.72. The Bertz CT molecular complexity index is 340. The normalized spacial score (nSPS) is 10.6. The topological polar surface area (TPSA) is 50.6 Å². The van der Waals surface area contributed by atoms with Gasteiger partial charge in [-0.25, -0.2) is 4.39 Å². The minimum atomic E-state index is -0.497. The number of hydrogen-bond donors (Lipinski definition) is 0. The van der Waals surface area contributed by atoms with Gasteiger partial charge in [0.15, 0.2) is 11.6 Å². The zero-order chi connectivity index (χ0) is 10.6. The Balaban J connectivity index is 2.94. The van der Waals surface area contributed by atoms with Crippen LogP contribution in [0.3, 0.4) is 0 Å². The van der Waals surface area contributed by atoms with E-state index in [-0.39, 0.29) is 11.8 Å². The number of aromatic nitrogens is 2. The molecule has 0 amide bonds. The van der Waals surface area contributed by atoms with Gasteiger partial charge in [0, 0.05) is 20.3 Å². The third-order valence-electron chi connectivity index (χ3n) is 1.37. The van der Waals surface area contributed by atoms with E-state index in [9.17, 15) is 4.39 Å². The standard InChI is InChI=1S/C8H11FN4O/c1-4-11-14-8-10-5-6(9)7(12-8)13(2)3/h4-5H,1-3H3. The van der Waals surface area contributed by atoms with E-state index in [0.29, 0.717) is 0 Å². The van der Waals surface area contributed by atoms with Gasteiger partial charge in [-0.2, -0.15) is 9.97 Å². The van der Waals surface area contributed by atoms with Gasteiger partial charge in [0.25, 0.3) is 0 Å². The van der Waals surface area contributed by atoms with Crippen molar-refractivity contribution in [3.05, 3.63) is 12.0 Å². The van der Waals surface area contributed by atoms with Crippen molar-refractivity contribution >= 4 is 12.0 Å². The lowest BCUT2D eigenvalue weighted by atomic mass is 10.5. The molecule has 1 aromatic heterocycles. The molecule has 1 heterocycles. The van der Waals surface area contributed by atoms with Crippen molar-refractivity contribution in [2.24, 2.45) is 5.16 Å². The van der Waals surface area contributed by atoms with Gasteiger partial charge in [-0.3, -0.25) is 0 Å². The molecule has 14 heavy (non-hydrogen) atoms. The van der Waals surface area contributed by atoms with Crippen LogP contribution in [-0.4, -0.2) is 30.3 Å². The molecular formula is C8H11FN4O. The SMILES string of the molecule is CC=NOc1ncc(F)c(N(C)C)n1. The summed E-state index contributed by atoms with van der Waals surface area (Å²) in [5.74, 6) is -0.330. The van der Waals surface area contributed by atoms with Crippen molar-refractivity contribution < 1.29 is 9.23 Å². The van der Waals surface area contributed by atoms with E-state index < -0.39 is 5.82 Å². The van der Waals surface area contributed by atoms with E-state index in [2.05, 4.69) is 15.1 Å². The highest BCUT2D eigenvalue weighted by Crippen LogP contribution is 2.15. The molecule has 0 bridgehead atoms. The minimum Gasteiger partial charge on any atom is -0.360 e. The summed E-state index contributed by atoms with van der Waals surface area (Å²) in [6, 6.07) is 0.0215. The fourth-order valence-electron chi connectivity index (χ4n) is 0.800. The predicted octanol–water partition coefficient (Wildman–Crippen LogP) is 1.07. The van der Waals surface area contributed by atoms with Gasteiger partial charge in [-0.15, -0.1) is 0 Å². The van der Waals surface area contributed by atoms with E-state index >= 15 is 0 Å². The number of anilines is 1. The molecular weight excluding hydrogens is 187 g/mol. The second kappa shape index (κ2) is 4.50. The molecule has 0 aliphatic carbocycles. The maximum absolute atomic E-state index is 13.1. The number of rotatable bonds is 3. The average Bonchev–Trinajstić information content (AvgIpc) is 2.16. The van der Waals surface area contributed by atoms with Gasteiger partial charge in [0.1, 0.15) is 0 Å². The Morgan fingerprint density at radius 1 is 1.57 bits per heavy atom. The lowest BCUT2D eigenvalue weighted by molar-refractivity contribution is 0.313. The first kappa shape index (κ1) is 10.4. The summed E-state index contributed by atoms with van der Waals surface area (Å²) < 4.78 is 13.1. The summed E-state index contributed by atoms with van der Waals surface area (Å²) in [6.45, 7) is 1.69. The zero-order valence-corrected chi connectivity index (χ0v) is 8.23. The molecule has 76 valence electrons. The highest BCUT2D eigenvalue weighted by atomic mass is 19.1. The van der Waals surface area contributed by atoms with E-state index in [1.54, 1.807) is 21.0 Å². The van der Waals surface area contributed by atoms with Crippen LogP contribution in [0.5, 0.6) is 6.01 Å². The van der Waals surface area contributed by atoms with Crippen LogP contribution in [0.2, 0.25) is 0 Å². The van der Waals surface area contributed by atoms with Crippen LogP contribution in [0.25, 0.3) is 0 Å². The molecule has 0 unspecified atom stereocenters. The summed E-state index contributed by atoms with van der Waals surface area (Å²) in [6.07, 6.45) is 2.49. The van der Waals surface area contributed by atoms with E-state index in [0.717, 1.165) is 6.20 Å². The maximum atomic E-state index is 13.1. The Kier molecular flexibility index (Phi) is 3.33. The van der Waals surface area contributed by atoms with Gasteiger partial charge in [0.2, 0.25) is 0 Å². The quantitative estimate of drug-likeness (QED) is 0.538. The second-order valence-corrected chi connectivity index (χ2v) is 2.67. The smallest absolute Gasteiger partial charge is 0.347 e. The second-order valence-electron chi connectivity index (χ2n) is 2.67. The average molecular weight is 198 g/mol. The van der Waals surface area contributed by atoms with Crippen LogP contribution < -0.4 is 9.74 Å². The van der Waals surface area contributed by atoms with Crippen LogP contribution in [-0.2, 0) is 0 Å². The van der Waals surface area contributed by atoms with Gasteiger partial charge in [-0.05, 0) is 6.92 Å². The third-order valence-corrected chi connectivity index (χ3v) is 1.37. The van der Waals surface area contributed by atoms with Crippen molar-refractivity contribution in [3.63, 3.8) is 0 Å². The number of halogens is 1. The Labute approximate surface area is 81.2 Å². The Morgan fingerprint density at radius 3 is 2.86 bits per heavy atom. The molecule has 0 fully saturated rings. The molecule has 0 aliphatic rings.